The number of likely N-dealkylation sites (N-methyl/N-ethyl adjacent to an activating group) is 1. The van der Waals surface area contributed by atoms with Gasteiger partial charge in [-0.25, -0.2) is 0 Å². The van der Waals surface area contributed by atoms with Gasteiger partial charge in [0.2, 0.25) is 0 Å². The number of carbonyl (C=O) groups excluding carboxylic acids is 3. The number of carbonyl (C=O) groups is 2. The zero-order valence-corrected chi connectivity index (χ0v) is 11.1. The summed E-state index contributed by atoms with van der Waals surface area (Å²) in [4.78, 5) is 32.0. The van der Waals surface area contributed by atoms with Crippen LogP contribution in [0.2, 0.25) is 0 Å². The lowest BCUT2D eigenvalue weighted by Crippen LogP contribution is -2.45. The van der Waals surface area contributed by atoms with Crippen LogP contribution in [-0.4, -0.2) is 56.5 Å². The third kappa shape index (κ3) is 9.77. The number of unbranched alkanes of at least 4 members (excludes halogenated alkanes) is 1. The van der Waals surface area contributed by atoms with Crippen LogP contribution < -0.4 is 5.11 Å². The minimum atomic E-state index is -1.25. The van der Waals surface area contributed by atoms with Crippen molar-refractivity contribution < 1.29 is 28.7 Å². The number of aliphatic carboxylic acids is 1. The largest absolute Gasteiger partial charge is 0.550 e. The van der Waals surface area contributed by atoms with Crippen LogP contribution in [0.25, 0.3) is 0 Å². The first kappa shape index (κ1) is 16.6. The fourth-order valence-electron chi connectivity index (χ4n) is 1.49. The lowest BCUT2D eigenvalue weighted by Gasteiger charge is -2.29. The quantitative estimate of drug-likeness (QED) is 0.302. The SMILES string of the molecule is C[N+](C)(C)CC(CC(=O)[O-])OC(=O)CCC[C]=O. The van der Waals surface area contributed by atoms with Gasteiger partial charge in [-0.3, -0.25) is 9.59 Å². The van der Waals surface area contributed by atoms with Crippen molar-refractivity contribution >= 4 is 18.2 Å². The number of carboxylic acids is 1. The molecular weight excluding hydrogens is 238 g/mol. The number of hydrogen-bond acceptors (Lipinski definition) is 5. The molecule has 6 heteroatoms. The van der Waals surface area contributed by atoms with Crippen molar-refractivity contribution in [2.24, 2.45) is 0 Å². The van der Waals surface area contributed by atoms with Crippen LogP contribution in [0.15, 0.2) is 0 Å². The Labute approximate surface area is 107 Å². The summed E-state index contributed by atoms with van der Waals surface area (Å²) >= 11 is 0. The van der Waals surface area contributed by atoms with Crippen LogP contribution >= 0.6 is 0 Å². The van der Waals surface area contributed by atoms with Crippen molar-refractivity contribution in [2.75, 3.05) is 27.7 Å². The Morgan fingerprint density at radius 3 is 2.39 bits per heavy atom. The van der Waals surface area contributed by atoms with Gasteiger partial charge in [0.1, 0.15) is 6.54 Å². The average Bonchev–Trinajstić information content (AvgIpc) is 2.13. The first-order valence-corrected chi connectivity index (χ1v) is 5.79. The summed E-state index contributed by atoms with van der Waals surface area (Å²) in [5.74, 6) is -1.74. The highest BCUT2D eigenvalue weighted by atomic mass is 16.5. The molecule has 0 aliphatic heterocycles. The highest BCUT2D eigenvalue weighted by Gasteiger charge is 2.22. The Bertz CT molecular complexity index is 295. The minimum Gasteiger partial charge on any atom is -0.550 e. The molecule has 0 aromatic rings. The molecule has 0 aliphatic carbocycles. The Hall–Kier alpha value is -1.43. The van der Waals surface area contributed by atoms with E-state index < -0.39 is 18.0 Å². The molecule has 0 bridgehead atoms. The predicted octanol–water partition coefficient (Wildman–Crippen LogP) is -0.976. The summed E-state index contributed by atoms with van der Waals surface area (Å²) in [6.07, 6.45) is 1.29. The number of esters is 1. The molecule has 6 nitrogen and oxygen atoms in total. The fraction of sp³-hybridized carbons (Fsp3) is 0.750. The molecule has 0 aromatic heterocycles. The predicted molar refractivity (Wildman–Crippen MR) is 61.9 cm³/mol. The normalized spacial score (nSPS) is 12.8. The van der Waals surface area contributed by atoms with Crippen molar-refractivity contribution in [1.29, 1.82) is 0 Å². The molecule has 0 saturated carbocycles. The maximum absolute atomic E-state index is 11.4. The average molecular weight is 258 g/mol. The van der Waals surface area contributed by atoms with Gasteiger partial charge in [0.15, 0.2) is 12.4 Å². The summed E-state index contributed by atoms with van der Waals surface area (Å²) in [6, 6.07) is 0. The second kappa shape index (κ2) is 7.81. The number of quaternary nitrogens is 1. The smallest absolute Gasteiger partial charge is 0.306 e. The monoisotopic (exact) mass is 258 g/mol. The van der Waals surface area contributed by atoms with Crippen LogP contribution in [-0.2, 0) is 19.1 Å². The highest BCUT2D eigenvalue weighted by Crippen LogP contribution is 2.07. The van der Waals surface area contributed by atoms with Gasteiger partial charge in [-0.05, 0) is 6.42 Å². The third-order valence-electron chi connectivity index (χ3n) is 2.10. The Balaban J connectivity index is 4.26. The molecule has 0 saturated heterocycles. The summed E-state index contributed by atoms with van der Waals surface area (Å²) in [5.41, 5.74) is 0. The van der Waals surface area contributed by atoms with Gasteiger partial charge in [0.05, 0.1) is 21.1 Å². The second-order valence-corrected chi connectivity index (χ2v) is 5.16. The molecule has 103 valence electrons. The topological polar surface area (TPSA) is 83.5 Å². The van der Waals surface area contributed by atoms with E-state index in [0.29, 0.717) is 17.4 Å². The van der Waals surface area contributed by atoms with Crippen molar-refractivity contribution in [2.45, 2.75) is 31.8 Å². The molecule has 1 unspecified atom stereocenters. The number of nitrogens with zero attached hydrogens (tertiary/aromatic N) is 1. The van der Waals surface area contributed by atoms with Crippen molar-refractivity contribution in [3.63, 3.8) is 0 Å². The zero-order valence-electron chi connectivity index (χ0n) is 11.1. The lowest BCUT2D eigenvalue weighted by atomic mass is 10.2. The molecule has 18 heavy (non-hydrogen) atoms. The van der Waals surface area contributed by atoms with E-state index in [1.165, 1.54) is 0 Å². The Kier molecular flexibility index (Phi) is 7.19. The molecule has 0 fully saturated rings. The fourth-order valence-corrected chi connectivity index (χ4v) is 1.49. The van der Waals surface area contributed by atoms with E-state index in [9.17, 15) is 19.5 Å². The molecule has 0 aromatic carbocycles. The van der Waals surface area contributed by atoms with Crippen molar-refractivity contribution in [1.82, 2.24) is 0 Å². The Morgan fingerprint density at radius 1 is 1.33 bits per heavy atom. The van der Waals surface area contributed by atoms with Gasteiger partial charge < -0.3 is 19.1 Å². The van der Waals surface area contributed by atoms with E-state index in [-0.39, 0.29) is 19.3 Å². The zero-order chi connectivity index (χ0) is 14.2. The maximum Gasteiger partial charge on any atom is 0.306 e. The second-order valence-electron chi connectivity index (χ2n) is 5.16. The van der Waals surface area contributed by atoms with Gasteiger partial charge in [0, 0.05) is 25.2 Å². The molecule has 0 amide bonds. The van der Waals surface area contributed by atoms with Crippen LogP contribution in [0, 0.1) is 0 Å². The summed E-state index contributed by atoms with van der Waals surface area (Å²) in [7, 11) is 5.62. The van der Waals surface area contributed by atoms with Gasteiger partial charge in [-0.1, -0.05) is 0 Å². The van der Waals surface area contributed by atoms with Crippen LogP contribution in [0.5, 0.6) is 0 Å². The molecule has 0 aliphatic rings. The van der Waals surface area contributed by atoms with E-state index in [1.54, 1.807) is 6.29 Å². The summed E-state index contributed by atoms with van der Waals surface area (Å²) in [5, 5.41) is 10.6. The van der Waals surface area contributed by atoms with Crippen LogP contribution in [0.1, 0.15) is 25.7 Å². The van der Waals surface area contributed by atoms with Crippen LogP contribution in [0.3, 0.4) is 0 Å². The van der Waals surface area contributed by atoms with Crippen molar-refractivity contribution in [3.8, 4) is 0 Å². The van der Waals surface area contributed by atoms with Gasteiger partial charge >= 0.3 is 5.97 Å². The minimum absolute atomic E-state index is 0.0932. The Morgan fingerprint density at radius 2 is 1.94 bits per heavy atom. The molecule has 1 radical (unpaired) electrons. The van der Waals surface area contributed by atoms with E-state index in [4.69, 9.17) is 4.74 Å². The van der Waals surface area contributed by atoms with Gasteiger partial charge in [-0.15, -0.1) is 0 Å². The summed E-state index contributed by atoms with van der Waals surface area (Å²) in [6.45, 7) is 0.388. The van der Waals surface area contributed by atoms with E-state index in [0.717, 1.165) is 0 Å². The standard InChI is InChI=1S/C12H20NO5/c1-13(2,3)9-10(8-11(15)16)18-12(17)6-4-5-7-14/h10H,4-6,8-9H2,1-3H3. The number of hydrogen-bond donors (Lipinski definition) is 0. The lowest BCUT2D eigenvalue weighted by molar-refractivity contribution is -0.873. The molecule has 0 heterocycles. The first-order chi connectivity index (χ1) is 8.24. The summed E-state index contributed by atoms with van der Waals surface area (Å²) < 4.78 is 5.56. The number of rotatable bonds is 9. The highest BCUT2D eigenvalue weighted by molar-refractivity contribution is 5.71. The third-order valence-corrected chi connectivity index (χ3v) is 2.10. The number of carboxylic acid groups (broad SMARTS) is 1. The molecule has 0 N–H and O–H groups in total. The van der Waals surface area contributed by atoms with E-state index in [1.807, 2.05) is 21.1 Å². The van der Waals surface area contributed by atoms with E-state index >= 15 is 0 Å². The number of ether oxygens (including phenoxy) is 1. The molecule has 0 spiro atoms. The van der Waals surface area contributed by atoms with Crippen LogP contribution in [0.4, 0.5) is 0 Å². The molecule has 0 rings (SSSR count). The maximum atomic E-state index is 11.4. The molecular formula is C12H20NO5. The van der Waals surface area contributed by atoms with Gasteiger partial charge in [0.25, 0.3) is 0 Å². The van der Waals surface area contributed by atoms with Gasteiger partial charge in [-0.2, -0.15) is 0 Å². The van der Waals surface area contributed by atoms with Crippen molar-refractivity contribution in [3.05, 3.63) is 0 Å². The van der Waals surface area contributed by atoms with E-state index in [2.05, 4.69) is 0 Å². The molecule has 1 atom stereocenters. The first-order valence-electron chi connectivity index (χ1n) is 5.79.